The molecule has 0 aliphatic rings. The molecule has 0 fully saturated rings. The Bertz CT molecular complexity index is 827. The molecule has 0 saturated carbocycles. The van der Waals surface area contributed by atoms with Crippen molar-refractivity contribution < 1.29 is 24.2 Å². The number of carboxylic acids is 1. The first-order valence-corrected chi connectivity index (χ1v) is 4.82. The third kappa shape index (κ3) is 2.23. The molecule has 2 aromatic carbocycles. The molecular formula is C14H14O3. The SMILES string of the molecule is [2H]c1c(OC([2H])([2H])[2H])c([2H])c2ccc(C([2H])(C)C(=O)O)cc2c1[2H]. The minimum Gasteiger partial charge on any atom is -0.497 e. The zero-order valence-corrected chi connectivity index (χ0v) is 9.00. The molecule has 1 atom stereocenters. The highest BCUT2D eigenvalue weighted by molar-refractivity contribution is 5.86. The number of carbonyl (C=O) groups is 1. The Kier molecular flexibility index (Phi) is 1.45. The molecule has 0 amide bonds. The summed E-state index contributed by atoms with van der Waals surface area (Å²) in [6.45, 7) is 1.18. The molecule has 0 aliphatic carbocycles. The Morgan fingerprint density at radius 2 is 2.35 bits per heavy atom. The molecule has 0 aromatic heterocycles. The van der Waals surface area contributed by atoms with Gasteiger partial charge in [0, 0.05) is 1.37 Å². The van der Waals surface area contributed by atoms with Crippen molar-refractivity contribution in [3.63, 3.8) is 0 Å². The summed E-state index contributed by atoms with van der Waals surface area (Å²) in [5.74, 6) is -3.88. The molecule has 0 spiro atoms. The third-order valence-corrected chi connectivity index (χ3v) is 2.43. The third-order valence-electron chi connectivity index (χ3n) is 2.43. The molecular weight excluding hydrogens is 216 g/mol. The van der Waals surface area contributed by atoms with Crippen molar-refractivity contribution in [3.05, 3.63) is 41.9 Å². The molecule has 3 nitrogen and oxygen atoms in total. The van der Waals surface area contributed by atoms with Crippen LogP contribution in [0.3, 0.4) is 0 Å². The topological polar surface area (TPSA) is 46.5 Å². The van der Waals surface area contributed by atoms with Gasteiger partial charge in [0.05, 0.1) is 21.2 Å². The van der Waals surface area contributed by atoms with Gasteiger partial charge in [0.1, 0.15) is 5.75 Å². The van der Waals surface area contributed by atoms with Crippen LogP contribution in [-0.2, 0) is 4.79 Å². The van der Waals surface area contributed by atoms with Gasteiger partial charge in [-0.25, -0.2) is 0 Å². The van der Waals surface area contributed by atoms with E-state index in [0.29, 0.717) is 0 Å². The number of carboxylic acid groups (broad SMARTS) is 1. The Hall–Kier alpha value is -2.03. The van der Waals surface area contributed by atoms with Crippen molar-refractivity contribution in [1.29, 1.82) is 0 Å². The molecule has 88 valence electrons. The van der Waals surface area contributed by atoms with Gasteiger partial charge in [-0.15, -0.1) is 0 Å². The van der Waals surface area contributed by atoms with Gasteiger partial charge in [-0.3, -0.25) is 4.79 Å². The average molecular weight is 237 g/mol. The summed E-state index contributed by atoms with van der Waals surface area (Å²) in [4.78, 5) is 11.2. The number of fused-ring (bicyclic) bond motifs is 1. The van der Waals surface area contributed by atoms with Crippen LogP contribution >= 0.6 is 0 Å². The fourth-order valence-electron chi connectivity index (χ4n) is 1.44. The lowest BCUT2D eigenvalue weighted by Crippen LogP contribution is -2.06. The van der Waals surface area contributed by atoms with Crippen molar-refractivity contribution in [2.45, 2.75) is 12.8 Å². The smallest absolute Gasteiger partial charge is 0.310 e. The van der Waals surface area contributed by atoms with Crippen molar-refractivity contribution in [2.24, 2.45) is 0 Å². The minimum atomic E-state index is -2.87. The van der Waals surface area contributed by atoms with Gasteiger partial charge >= 0.3 is 5.97 Å². The second-order valence-electron chi connectivity index (χ2n) is 3.50. The largest absolute Gasteiger partial charge is 0.497 e. The van der Waals surface area contributed by atoms with E-state index in [9.17, 15) is 4.79 Å². The number of hydrogen-bond donors (Lipinski definition) is 1. The van der Waals surface area contributed by atoms with Crippen molar-refractivity contribution in [1.82, 2.24) is 0 Å². The van der Waals surface area contributed by atoms with Crippen molar-refractivity contribution in [3.8, 4) is 5.75 Å². The summed E-state index contributed by atoms with van der Waals surface area (Å²) in [7, 11) is -2.87. The van der Waals surface area contributed by atoms with Gasteiger partial charge in [-0.1, -0.05) is 24.2 Å². The van der Waals surface area contributed by atoms with E-state index in [1.54, 1.807) is 0 Å². The monoisotopic (exact) mass is 237 g/mol. The standard InChI is InChI=1S/C14H14O3/c1-9(14(15)16)10-3-4-12-8-13(17-2)6-5-11(12)7-10/h3-9H,1-2H3,(H,15,16)/i2D3,5D,6D,8D,9D. The maximum atomic E-state index is 11.2. The predicted molar refractivity (Wildman–Crippen MR) is 66.6 cm³/mol. The first-order valence-electron chi connectivity index (χ1n) is 8.32. The molecule has 0 radical (unpaired) electrons. The summed E-state index contributed by atoms with van der Waals surface area (Å²) in [6, 6.07) is 2.55. The van der Waals surface area contributed by atoms with Gasteiger partial charge in [-0.05, 0) is 35.3 Å². The summed E-state index contributed by atoms with van der Waals surface area (Å²) < 4.78 is 57.7. The van der Waals surface area contributed by atoms with Gasteiger partial charge in [0.2, 0.25) is 0 Å². The fourth-order valence-corrected chi connectivity index (χ4v) is 1.44. The Morgan fingerprint density at radius 3 is 3.06 bits per heavy atom. The van der Waals surface area contributed by atoms with Crippen LogP contribution in [0.5, 0.6) is 5.75 Å². The van der Waals surface area contributed by atoms with Crippen LogP contribution in [0.4, 0.5) is 0 Å². The Morgan fingerprint density at radius 1 is 1.53 bits per heavy atom. The summed E-state index contributed by atoms with van der Waals surface area (Å²) in [6.07, 6.45) is 0. The van der Waals surface area contributed by atoms with Crippen LogP contribution in [0, 0.1) is 0 Å². The van der Waals surface area contributed by atoms with E-state index in [1.807, 2.05) is 0 Å². The van der Waals surface area contributed by atoms with E-state index in [1.165, 1.54) is 25.1 Å². The lowest BCUT2D eigenvalue weighted by atomic mass is 9.98. The Balaban J connectivity index is 2.75. The lowest BCUT2D eigenvalue weighted by molar-refractivity contribution is -0.138. The molecule has 0 aliphatic heterocycles. The normalized spacial score (nSPS) is 20.9. The fraction of sp³-hybridized carbons (Fsp3) is 0.214. The first kappa shape index (κ1) is 5.54. The zero-order valence-electron chi connectivity index (χ0n) is 16.0. The molecule has 0 saturated heterocycles. The van der Waals surface area contributed by atoms with E-state index in [4.69, 9.17) is 14.7 Å². The second kappa shape index (κ2) is 4.45. The number of rotatable bonds is 3. The number of methoxy groups -OCH3 is 1. The van der Waals surface area contributed by atoms with Gasteiger partial charge < -0.3 is 9.84 Å². The highest BCUT2D eigenvalue weighted by atomic mass is 16.5. The van der Waals surface area contributed by atoms with Crippen LogP contribution in [0.25, 0.3) is 10.8 Å². The molecule has 3 heteroatoms. The van der Waals surface area contributed by atoms with E-state index >= 15 is 0 Å². The van der Waals surface area contributed by atoms with Crippen LogP contribution < -0.4 is 4.74 Å². The maximum Gasteiger partial charge on any atom is 0.310 e. The van der Waals surface area contributed by atoms with Crippen LogP contribution in [0.2, 0.25) is 0 Å². The van der Waals surface area contributed by atoms with E-state index < -0.39 is 36.7 Å². The van der Waals surface area contributed by atoms with Crippen LogP contribution in [0.15, 0.2) is 36.3 Å². The second-order valence-corrected chi connectivity index (χ2v) is 3.50. The first-order chi connectivity index (χ1) is 10.9. The molecule has 2 aromatic rings. The quantitative estimate of drug-likeness (QED) is 0.892. The molecule has 2 rings (SSSR count). The number of benzene rings is 2. The minimum absolute atomic E-state index is 0.0827. The van der Waals surface area contributed by atoms with Crippen LogP contribution in [0.1, 0.15) is 28.0 Å². The molecule has 0 heterocycles. The summed E-state index contributed by atoms with van der Waals surface area (Å²) in [5.41, 5.74) is 0.0827. The zero-order chi connectivity index (χ0) is 18.4. The lowest BCUT2D eigenvalue weighted by Gasteiger charge is -2.08. The van der Waals surface area contributed by atoms with E-state index in [-0.39, 0.29) is 22.4 Å². The molecule has 1 unspecified atom stereocenters. The summed E-state index contributed by atoms with van der Waals surface area (Å²) in [5, 5.41) is 9.35. The van der Waals surface area contributed by atoms with E-state index in [0.717, 1.165) is 0 Å². The predicted octanol–water partition coefficient (Wildman–Crippen LogP) is 3.04. The van der Waals surface area contributed by atoms with Gasteiger partial charge in [-0.2, -0.15) is 0 Å². The molecule has 1 N–H and O–H groups in total. The average Bonchev–Trinajstić information content (AvgIpc) is 2.47. The van der Waals surface area contributed by atoms with Crippen molar-refractivity contribution >= 4 is 16.7 Å². The molecule has 17 heavy (non-hydrogen) atoms. The van der Waals surface area contributed by atoms with E-state index in [2.05, 4.69) is 4.74 Å². The highest BCUT2D eigenvalue weighted by Gasteiger charge is 2.13. The number of hydrogen-bond acceptors (Lipinski definition) is 2. The highest BCUT2D eigenvalue weighted by Crippen LogP contribution is 2.25. The van der Waals surface area contributed by atoms with Crippen LogP contribution in [-0.4, -0.2) is 18.1 Å². The van der Waals surface area contributed by atoms with Gasteiger partial charge in [0.15, 0.2) is 0 Å². The summed E-state index contributed by atoms with van der Waals surface area (Å²) >= 11 is 0. The molecule has 0 bridgehead atoms. The van der Waals surface area contributed by atoms with Crippen molar-refractivity contribution in [2.75, 3.05) is 7.04 Å². The Labute approximate surface area is 109 Å². The number of aliphatic carboxylic acids is 1. The number of ether oxygens (including phenoxy) is 1. The van der Waals surface area contributed by atoms with Gasteiger partial charge in [0.25, 0.3) is 0 Å². The maximum absolute atomic E-state index is 11.2.